The molecule has 0 spiro atoms. The Kier molecular flexibility index (Phi) is 8.28. The molecule has 0 aromatic heterocycles. The van der Waals surface area contributed by atoms with Gasteiger partial charge in [0.1, 0.15) is 5.75 Å². The van der Waals surface area contributed by atoms with Gasteiger partial charge < -0.3 is 18.9 Å². The lowest BCUT2D eigenvalue weighted by Crippen LogP contribution is -2.34. The maximum absolute atomic E-state index is 12.0. The van der Waals surface area contributed by atoms with Gasteiger partial charge in [0.05, 0.1) is 25.9 Å². The molecule has 24 heavy (non-hydrogen) atoms. The van der Waals surface area contributed by atoms with Crippen molar-refractivity contribution in [3.8, 4) is 5.75 Å². The van der Waals surface area contributed by atoms with Crippen LogP contribution in [0.25, 0.3) is 0 Å². The molecular formula is C16H21NO7. The van der Waals surface area contributed by atoms with Crippen LogP contribution >= 0.6 is 0 Å². The number of hydrogen-bond donors (Lipinski definition) is 1. The van der Waals surface area contributed by atoms with Crippen LogP contribution in [0.5, 0.6) is 5.75 Å². The van der Waals surface area contributed by atoms with Gasteiger partial charge in [-0.15, -0.1) is 0 Å². The third-order valence-corrected chi connectivity index (χ3v) is 2.83. The van der Waals surface area contributed by atoms with Crippen molar-refractivity contribution >= 4 is 18.0 Å². The maximum atomic E-state index is 12.0. The molecule has 0 saturated heterocycles. The highest BCUT2D eigenvalue weighted by atomic mass is 16.6. The van der Waals surface area contributed by atoms with E-state index in [1.807, 2.05) is 12.2 Å². The van der Waals surface area contributed by atoms with Crippen molar-refractivity contribution in [2.75, 3.05) is 26.9 Å². The van der Waals surface area contributed by atoms with Crippen LogP contribution in [0.4, 0.5) is 4.79 Å². The Morgan fingerprint density at radius 1 is 1.08 bits per heavy atom. The second-order valence-corrected chi connectivity index (χ2v) is 4.51. The fourth-order valence-corrected chi connectivity index (χ4v) is 1.76. The number of amides is 2. The molecule has 2 amide bonds. The predicted octanol–water partition coefficient (Wildman–Crippen LogP) is 1.66. The zero-order valence-corrected chi connectivity index (χ0v) is 13.9. The van der Waals surface area contributed by atoms with Crippen LogP contribution in [-0.2, 0) is 25.6 Å². The Morgan fingerprint density at radius 3 is 2.46 bits per heavy atom. The van der Waals surface area contributed by atoms with E-state index in [0.29, 0.717) is 17.9 Å². The van der Waals surface area contributed by atoms with E-state index in [9.17, 15) is 14.4 Å². The van der Waals surface area contributed by atoms with Gasteiger partial charge in [0, 0.05) is 12.2 Å². The van der Waals surface area contributed by atoms with Crippen molar-refractivity contribution < 1.29 is 33.3 Å². The van der Waals surface area contributed by atoms with E-state index < -0.39 is 24.6 Å². The van der Waals surface area contributed by atoms with Crippen LogP contribution in [0.15, 0.2) is 18.2 Å². The first-order chi connectivity index (χ1) is 11.5. The molecule has 0 bridgehead atoms. The Labute approximate surface area is 140 Å². The number of benzene rings is 1. The molecule has 0 heterocycles. The molecule has 132 valence electrons. The summed E-state index contributed by atoms with van der Waals surface area (Å²) >= 11 is 0. The number of methoxy groups -OCH3 is 1. The second-order valence-electron chi connectivity index (χ2n) is 4.51. The van der Waals surface area contributed by atoms with Crippen LogP contribution < -0.4 is 10.1 Å². The number of hydrogen-bond acceptors (Lipinski definition) is 7. The largest absolute Gasteiger partial charge is 0.496 e. The first-order valence-electron chi connectivity index (χ1n) is 7.40. The molecule has 0 aliphatic carbocycles. The Balaban J connectivity index is 2.64. The third kappa shape index (κ3) is 6.25. The molecule has 8 heteroatoms. The lowest BCUT2D eigenvalue weighted by atomic mass is 10.1. The van der Waals surface area contributed by atoms with E-state index in [-0.39, 0.29) is 18.8 Å². The van der Waals surface area contributed by atoms with Crippen LogP contribution in [0.2, 0.25) is 0 Å². The molecule has 1 aromatic rings. The van der Waals surface area contributed by atoms with E-state index in [2.05, 4.69) is 4.74 Å². The van der Waals surface area contributed by atoms with Crippen LogP contribution in [0.1, 0.15) is 29.8 Å². The summed E-state index contributed by atoms with van der Waals surface area (Å²) in [7, 11) is 1.52. The zero-order valence-electron chi connectivity index (χ0n) is 13.9. The summed E-state index contributed by atoms with van der Waals surface area (Å²) in [6, 6.07) is 4.70. The highest BCUT2D eigenvalue weighted by Gasteiger charge is 2.15. The second kappa shape index (κ2) is 10.2. The average Bonchev–Trinajstić information content (AvgIpc) is 2.57. The van der Waals surface area contributed by atoms with Crippen molar-refractivity contribution in [2.24, 2.45) is 0 Å². The molecule has 1 aromatic carbocycles. The SMILES string of the molecule is CCOCc1cc(C(=O)OCC(=O)NC(=O)OCC)ccc1OC. The van der Waals surface area contributed by atoms with Gasteiger partial charge in [0.15, 0.2) is 6.61 Å². The van der Waals surface area contributed by atoms with Gasteiger partial charge in [-0.1, -0.05) is 0 Å². The third-order valence-electron chi connectivity index (χ3n) is 2.83. The van der Waals surface area contributed by atoms with Crippen LogP contribution in [-0.4, -0.2) is 44.9 Å². The standard InChI is InChI=1S/C16H21NO7/c1-4-22-9-12-8-11(6-7-13(12)21-3)15(19)24-10-14(18)17-16(20)23-5-2/h6-8H,4-5,9-10H2,1-3H3,(H,17,18,20). The van der Waals surface area contributed by atoms with Crippen LogP contribution in [0, 0.1) is 0 Å². The summed E-state index contributed by atoms with van der Waals surface area (Å²) in [6.45, 7) is 3.80. The van der Waals surface area contributed by atoms with Gasteiger partial charge in [-0.3, -0.25) is 10.1 Å². The van der Waals surface area contributed by atoms with Gasteiger partial charge in [0.2, 0.25) is 0 Å². The highest BCUT2D eigenvalue weighted by Crippen LogP contribution is 2.21. The maximum Gasteiger partial charge on any atom is 0.413 e. The lowest BCUT2D eigenvalue weighted by Gasteiger charge is -2.11. The summed E-state index contributed by atoms with van der Waals surface area (Å²) in [6.07, 6.45) is -0.887. The van der Waals surface area contributed by atoms with Gasteiger partial charge in [-0.2, -0.15) is 0 Å². The summed E-state index contributed by atoms with van der Waals surface area (Å²) < 4.78 is 19.9. The summed E-state index contributed by atoms with van der Waals surface area (Å²) in [4.78, 5) is 34.5. The molecule has 0 aliphatic heterocycles. The van der Waals surface area contributed by atoms with Gasteiger partial charge in [-0.25, -0.2) is 9.59 Å². The number of carbonyl (C=O) groups excluding carboxylic acids is 3. The fraction of sp³-hybridized carbons (Fsp3) is 0.438. The first kappa shape index (κ1) is 19.4. The van der Waals surface area contributed by atoms with Crippen molar-refractivity contribution in [3.63, 3.8) is 0 Å². The number of ether oxygens (including phenoxy) is 4. The van der Waals surface area contributed by atoms with E-state index in [0.717, 1.165) is 0 Å². The molecule has 0 aliphatic rings. The molecule has 8 nitrogen and oxygen atoms in total. The van der Waals surface area contributed by atoms with Gasteiger partial charge in [0.25, 0.3) is 5.91 Å². The van der Waals surface area contributed by atoms with Crippen molar-refractivity contribution in [2.45, 2.75) is 20.5 Å². The average molecular weight is 339 g/mol. The smallest absolute Gasteiger partial charge is 0.413 e. The molecule has 0 radical (unpaired) electrons. The van der Waals surface area contributed by atoms with E-state index in [4.69, 9.17) is 14.2 Å². The monoisotopic (exact) mass is 339 g/mol. The molecular weight excluding hydrogens is 318 g/mol. The molecule has 0 fully saturated rings. The quantitative estimate of drug-likeness (QED) is 0.719. The number of carbonyl (C=O) groups is 3. The summed E-state index contributed by atoms with van der Waals surface area (Å²) in [5.41, 5.74) is 0.930. The topological polar surface area (TPSA) is 100 Å². The normalized spacial score (nSPS) is 9.96. The van der Waals surface area contributed by atoms with Gasteiger partial charge in [-0.05, 0) is 32.0 Å². The number of rotatable bonds is 8. The fourth-order valence-electron chi connectivity index (χ4n) is 1.76. The Hall–Kier alpha value is -2.61. The molecule has 0 saturated carbocycles. The van der Waals surface area contributed by atoms with Gasteiger partial charge >= 0.3 is 12.1 Å². The number of imide groups is 1. The van der Waals surface area contributed by atoms with E-state index in [1.54, 1.807) is 19.1 Å². The molecule has 1 N–H and O–H groups in total. The number of alkyl carbamates (subject to hydrolysis) is 1. The zero-order chi connectivity index (χ0) is 17.9. The van der Waals surface area contributed by atoms with E-state index >= 15 is 0 Å². The Bertz CT molecular complexity index is 586. The highest BCUT2D eigenvalue weighted by molar-refractivity contribution is 5.95. The number of nitrogens with one attached hydrogen (secondary N) is 1. The minimum Gasteiger partial charge on any atom is -0.496 e. The first-order valence-corrected chi connectivity index (χ1v) is 7.40. The molecule has 0 atom stereocenters. The van der Waals surface area contributed by atoms with Crippen molar-refractivity contribution in [3.05, 3.63) is 29.3 Å². The summed E-state index contributed by atoms with van der Waals surface area (Å²) in [5, 5.41) is 1.93. The lowest BCUT2D eigenvalue weighted by molar-refractivity contribution is -0.123. The minimum atomic E-state index is -0.887. The van der Waals surface area contributed by atoms with Crippen LogP contribution in [0.3, 0.4) is 0 Å². The molecule has 1 rings (SSSR count). The minimum absolute atomic E-state index is 0.132. The predicted molar refractivity (Wildman–Crippen MR) is 83.8 cm³/mol. The van der Waals surface area contributed by atoms with E-state index in [1.165, 1.54) is 13.2 Å². The molecule has 0 unspecified atom stereocenters. The number of esters is 1. The Morgan fingerprint density at radius 2 is 1.83 bits per heavy atom. The summed E-state index contributed by atoms with van der Waals surface area (Å²) in [5.74, 6) is -0.890. The van der Waals surface area contributed by atoms with Crippen molar-refractivity contribution in [1.29, 1.82) is 0 Å². The van der Waals surface area contributed by atoms with Crippen molar-refractivity contribution in [1.82, 2.24) is 5.32 Å².